The molecule has 1 N–H and O–H groups in total. The van der Waals surface area contributed by atoms with Crippen LogP contribution in [0.25, 0.3) is 11.0 Å². The van der Waals surface area contributed by atoms with E-state index in [2.05, 4.69) is 12.2 Å². The molecule has 5 heteroatoms. The zero-order valence-electron chi connectivity index (χ0n) is 12.8. The third-order valence-corrected chi connectivity index (χ3v) is 3.66. The molecule has 1 heterocycles. The molecule has 21 heavy (non-hydrogen) atoms. The second kappa shape index (κ2) is 7.11. The van der Waals surface area contributed by atoms with E-state index in [1.807, 2.05) is 31.2 Å². The van der Waals surface area contributed by atoms with Crippen molar-refractivity contribution in [2.24, 2.45) is 0 Å². The number of hydrogen-bond acceptors (Lipinski definition) is 2. The Morgan fingerprint density at radius 3 is 2.43 bits per heavy atom. The number of para-hydroxylation sites is 2. The first-order valence-corrected chi connectivity index (χ1v) is 7.63. The number of rotatable bonds is 7. The highest BCUT2D eigenvalue weighted by atomic mass is 16.2. The Kier molecular flexibility index (Phi) is 5.20. The highest BCUT2D eigenvalue weighted by Crippen LogP contribution is 2.12. The van der Waals surface area contributed by atoms with E-state index < -0.39 is 0 Å². The van der Waals surface area contributed by atoms with E-state index in [1.54, 1.807) is 9.13 Å². The molecule has 1 aromatic heterocycles. The molecule has 114 valence electrons. The zero-order valence-corrected chi connectivity index (χ0v) is 12.8. The Balaban J connectivity index is 2.14. The van der Waals surface area contributed by atoms with Gasteiger partial charge in [0.15, 0.2) is 0 Å². The van der Waals surface area contributed by atoms with Crippen LogP contribution >= 0.6 is 0 Å². The molecule has 0 saturated heterocycles. The van der Waals surface area contributed by atoms with Gasteiger partial charge in [-0.3, -0.25) is 13.9 Å². The first kappa shape index (κ1) is 15.4. The van der Waals surface area contributed by atoms with E-state index in [4.69, 9.17) is 0 Å². The van der Waals surface area contributed by atoms with Gasteiger partial charge in [0.25, 0.3) is 0 Å². The fraction of sp³-hybridized carbons (Fsp3) is 0.500. The summed E-state index contributed by atoms with van der Waals surface area (Å²) in [6.07, 6.45) is 2.38. The smallest absolute Gasteiger partial charge is 0.329 e. The van der Waals surface area contributed by atoms with Crippen molar-refractivity contribution in [3.05, 3.63) is 34.7 Å². The second-order valence-electron chi connectivity index (χ2n) is 5.12. The quantitative estimate of drug-likeness (QED) is 0.794. The molecule has 2 rings (SSSR count). The number of carbonyl (C=O) groups excluding carboxylic acids is 1. The van der Waals surface area contributed by atoms with Gasteiger partial charge in [-0.1, -0.05) is 25.5 Å². The molecule has 0 radical (unpaired) electrons. The normalized spacial score (nSPS) is 11.0. The molecule has 1 amide bonds. The van der Waals surface area contributed by atoms with E-state index in [-0.39, 0.29) is 11.6 Å². The van der Waals surface area contributed by atoms with Crippen molar-refractivity contribution in [1.82, 2.24) is 14.5 Å². The van der Waals surface area contributed by atoms with Crippen LogP contribution in [0.3, 0.4) is 0 Å². The monoisotopic (exact) mass is 289 g/mol. The first-order chi connectivity index (χ1) is 10.2. The summed E-state index contributed by atoms with van der Waals surface area (Å²) >= 11 is 0. The van der Waals surface area contributed by atoms with Crippen LogP contribution in [-0.2, 0) is 17.9 Å². The molecule has 0 bridgehead atoms. The number of carbonyl (C=O) groups is 1. The van der Waals surface area contributed by atoms with Crippen molar-refractivity contribution in [2.75, 3.05) is 6.54 Å². The van der Waals surface area contributed by atoms with Crippen molar-refractivity contribution >= 4 is 16.9 Å². The Hall–Kier alpha value is -2.04. The Labute approximate surface area is 124 Å². The lowest BCUT2D eigenvalue weighted by Crippen LogP contribution is -2.29. The number of amides is 1. The van der Waals surface area contributed by atoms with E-state index >= 15 is 0 Å². The van der Waals surface area contributed by atoms with Gasteiger partial charge in [-0.05, 0) is 25.5 Å². The Morgan fingerprint density at radius 1 is 1.14 bits per heavy atom. The summed E-state index contributed by atoms with van der Waals surface area (Å²) in [4.78, 5) is 24.2. The number of hydrogen-bond donors (Lipinski definition) is 1. The Morgan fingerprint density at radius 2 is 1.81 bits per heavy atom. The second-order valence-corrected chi connectivity index (χ2v) is 5.12. The summed E-state index contributed by atoms with van der Waals surface area (Å²) in [5.41, 5.74) is 1.78. The summed E-state index contributed by atoms with van der Waals surface area (Å²) < 4.78 is 3.43. The van der Waals surface area contributed by atoms with Crippen molar-refractivity contribution in [3.63, 3.8) is 0 Å². The van der Waals surface area contributed by atoms with E-state index in [9.17, 15) is 9.59 Å². The lowest BCUT2D eigenvalue weighted by Gasteiger charge is -2.05. The van der Waals surface area contributed by atoms with Crippen LogP contribution in [0.2, 0.25) is 0 Å². The maximum absolute atomic E-state index is 12.4. The maximum atomic E-state index is 12.4. The first-order valence-electron chi connectivity index (χ1n) is 7.63. The number of imidazole rings is 1. The van der Waals surface area contributed by atoms with Gasteiger partial charge < -0.3 is 5.32 Å². The highest BCUT2D eigenvalue weighted by molar-refractivity contribution is 5.77. The molecule has 0 unspecified atom stereocenters. The molecular weight excluding hydrogens is 266 g/mol. The molecule has 0 atom stereocenters. The maximum Gasteiger partial charge on any atom is 0.329 e. The molecule has 2 aromatic rings. The van der Waals surface area contributed by atoms with E-state index in [0.29, 0.717) is 26.1 Å². The third-order valence-electron chi connectivity index (χ3n) is 3.66. The van der Waals surface area contributed by atoms with Crippen molar-refractivity contribution in [1.29, 1.82) is 0 Å². The SMILES string of the molecule is CCCCNC(=O)CCn1c(=O)n(CC)c2ccccc21. The average molecular weight is 289 g/mol. The van der Waals surface area contributed by atoms with Crippen LogP contribution in [0.15, 0.2) is 29.1 Å². The molecule has 0 saturated carbocycles. The van der Waals surface area contributed by atoms with Crippen LogP contribution in [0.1, 0.15) is 33.1 Å². The number of unbranched alkanes of at least 4 members (excludes halogenated alkanes) is 1. The minimum atomic E-state index is -0.0416. The van der Waals surface area contributed by atoms with E-state index in [0.717, 1.165) is 23.9 Å². The lowest BCUT2D eigenvalue weighted by atomic mass is 10.3. The topological polar surface area (TPSA) is 56.0 Å². The minimum Gasteiger partial charge on any atom is -0.356 e. The summed E-state index contributed by atoms with van der Waals surface area (Å²) in [5.74, 6) is 0.00341. The van der Waals surface area contributed by atoms with Crippen LogP contribution in [0.5, 0.6) is 0 Å². The molecule has 0 aliphatic heterocycles. The summed E-state index contributed by atoms with van der Waals surface area (Å²) in [5, 5.41) is 2.88. The fourth-order valence-corrected chi connectivity index (χ4v) is 2.50. The molecule has 5 nitrogen and oxygen atoms in total. The fourth-order valence-electron chi connectivity index (χ4n) is 2.50. The van der Waals surface area contributed by atoms with Gasteiger partial charge in [0.2, 0.25) is 5.91 Å². The average Bonchev–Trinajstić information content (AvgIpc) is 2.76. The summed E-state index contributed by atoms with van der Waals surface area (Å²) in [6, 6.07) is 7.71. The molecule has 0 aliphatic rings. The van der Waals surface area contributed by atoms with Crippen molar-refractivity contribution in [3.8, 4) is 0 Å². The minimum absolute atomic E-state index is 0.00341. The van der Waals surface area contributed by atoms with Crippen LogP contribution < -0.4 is 11.0 Å². The van der Waals surface area contributed by atoms with Gasteiger partial charge in [-0.25, -0.2) is 4.79 Å². The molecule has 1 aromatic carbocycles. The third kappa shape index (κ3) is 3.35. The molecule has 0 aliphatic carbocycles. The van der Waals surface area contributed by atoms with Crippen LogP contribution in [-0.4, -0.2) is 21.6 Å². The summed E-state index contributed by atoms with van der Waals surface area (Å²) in [6.45, 7) is 5.81. The van der Waals surface area contributed by atoms with Crippen molar-refractivity contribution in [2.45, 2.75) is 46.2 Å². The standard InChI is InChI=1S/C16H23N3O2/c1-3-5-11-17-15(20)10-12-19-14-9-7-6-8-13(14)18(4-2)16(19)21/h6-9H,3-5,10-12H2,1-2H3,(H,17,20). The number of aryl methyl sites for hydroxylation is 2. The Bertz CT molecular complexity index is 670. The number of nitrogens with one attached hydrogen (secondary N) is 1. The molecular formula is C16H23N3O2. The predicted octanol–water partition coefficient (Wildman–Crippen LogP) is 2.13. The van der Waals surface area contributed by atoms with Crippen molar-refractivity contribution < 1.29 is 4.79 Å². The number of benzene rings is 1. The number of fused-ring (bicyclic) bond motifs is 1. The largest absolute Gasteiger partial charge is 0.356 e. The van der Waals surface area contributed by atoms with Gasteiger partial charge in [0.1, 0.15) is 0 Å². The highest BCUT2D eigenvalue weighted by Gasteiger charge is 2.12. The van der Waals surface area contributed by atoms with Gasteiger partial charge in [0.05, 0.1) is 11.0 Å². The zero-order chi connectivity index (χ0) is 15.2. The van der Waals surface area contributed by atoms with Crippen LogP contribution in [0, 0.1) is 0 Å². The van der Waals surface area contributed by atoms with Crippen LogP contribution in [0.4, 0.5) is 0 Å². The predicted molar refractivity (Wildman–Crippen MR) is 84.4 cm³/mol. The molecule has 0 fully saturated rings. The molecule has 0 spiro atoms. The van der Waals surface area contributed by atoms with Gasteiger partial charge in [0, 0.05) is 26.1 Å². The van der Waals surface area contributed by atoms with Gasteiger partial charge in [-0.2, -0.15) is 0 Å². The lowest BCUT2D eigenvalue weighted by molar-refractivity contribution is -0.121. The van der Waals surface area contributed by atoms with Gasteiger partial charge >= 0.3 is 5.69 Å². The number of nitrogens with zero attached hydrogens (tertiary/aromatic N) is 2. The number of aromatic nitrogens is 2. The van der Waals surface area contributed by atoms with Gasteiger partial charge in [-0.15, -0.1) is 0 Å². The van der Waals surface area contributed by atoms with E-state index in [1.165, 1.54) is 0 Å². The summed E-state index contributed by atoms with van der Waals surface area (Å²) in [7, 11) is 0.